The van der Waals surface area contributed by atoms with Crippen molar-refractivity contribution in [1.29, 1.82) is 0 Å². The zero-order valence-electron chi connectivity index (χ0n) is 15.7. The van der Waals surface area contributed by atoms with E-state index < -0.39 is 0 Å². The smallest absolute Gasteiger partial charge is 0.255 e. The van der Waals surface area contributed by atoms with Gasteiger partial charge in [-0.15, -0.1) is 0 Å². The molecule has 0 saturated carbocycles. The summed E-state index contributed by atoms with van der Waals surface area (Å²) in [4.78, 5) is 27.7. The molecule has 0 spiro atoms. The molecular weight excluding hydrogens is 338 g/mol. The Morgan fingerprint density at radius 1 is 1.04 bits per heavy atom. The topological polar surface area (TPSA) is 63.9 Å². The van der Waals surface area contributed by atoms with Gasteiger partial charge in [-0.2, -0.15) is 0 Å². The van der Waals surface area contributed by atoms with Gasteiger partial charge in [0.15, 0.2) is 0 Å². The minimum absolute atomic E-state index is 0.0655. The highest BCUT2D eigenvalue weighted by molar-refractivity contribution is 5.94. The fourth-order valence-corrected chi connectivity index (χ4v) is 3.72. The molecule has 0 unspecified atom stereocenters. The molecule has 0 bridgehead atoms. The van der Waals surface area contributed by atoms with Crippen molar-refractivity contribution in [3.05, 3.63) is 66.0 Å². The van der Waals surface area contributed by atoms with Crippen molar-refractivity contribution in [3.63, 3.8) is 0 Å². The van der Waals surface area contributed by atoms with E-state index in [-0.39, 0.29) is 5.91 Å². The Morgan fingerprint density at radius 2 is 1.85 bits per heavy atom. The van der Waals surface area contributed by atoms with Crippen LogP contribution in [-0.2, 0) is 0 Å². The minimum Gasteiger partial charge on any atom is -0.338 e. The predicted molar refractivity (Wildman–Crippen MR) is 103 cm³/mol. The van der Waals surface area contributed by atoms with Gasteiger partial charge in [0.05, 0.1) is 5.56 Å². The predicted octanol–water partition coefficient (Wildman–Crippen LogP) is 3.43. The van der Waals surface area contributed by atoms with Gasteiger partial charge in [0.25, 0.3) is 5.91 Å². The van der Waals surface area contributed by atoms with Crippen LogP contribution < -0.4 is 0 Å². The van der Waals surface area contributed by atoms with Crippen LogP contribution in [0.1, 0.15) is 40.6 Å². The van der Waals surface area contributed by atoms with E-state index in [9.17, 15) is 4.79 Å². The van der Waals surface area contributed by atoms with Crippen LogP contribution in [0.5, 0.6) is 0 Å². The molecule has 4 heterocycles. The van der Waals surface area contributed by atoms with Crippen LogP contribution >= 0.6 is 0 Å². The Morgan fingerprint density at radius 3 is 2.52 bits per heavy atom. The van der Waals surface area contributed by atoms with Crippen molar-refractivity contribution >= 4 is 5.91 Å². The molecule has 1 amide bonds. The number of hydrogen-bond donors (Lipinski definition) is 0. The SMILES string of the molecule is Cc1ccc(C(=O)N2CCC(n3c(C)cnc3-c3cccnc3)CC2)cn1. The second-order valence-electron chi connectivity index (χ2n) is 7.05. The van der Waals surface area contributed by atoms with Crippen molar-refractivity contribution in [2.24, 2.45) is 0 Å². The van der Waals surface area contributed by atoms with Crippen LogP contribution in [0.25, 0.3) is 11.4 Å². The normalized spacial score (nSPS) is 15.1. The number of aryl methyl sites for hydroxylation is 2. The van der Waals surface area contributed by atoms with E-state index in [1.54, 1.807) is 12.4 Å². The van der Waals surface area contributed by atoms with E-state index in [0.29, 0.717) is 11.6 Å². The van der Waals surface area contributed by atoms with E-state index in [0.717, 1.165) is 48.7 Å². The van der Waals surface area contributed by atoms with Crippen LogP contribution in [0.4, 0.5) is 0 Å². The molecule has 27 heavy (non-hydrogen) atoms. The number of hydrogen-bond acceptors (Lipinski definition) is 4. The zero-order chi connectivity index (χ0) is 18.8. The number of amides is 1. The molecular formula is C21H23N5O. The van der Waals surface area contributed by atoms with Crippen LogP contribution in [0.15, 0.2) is 49.1 Å². The number of nitrogens with zero attached hydrogens (tertiary/aromatic N) is 5. The Bertz CT molecular complexity index is 925. The number of carbonyl (C=O) groups is 1. The summed E-state index contributed by atoms with van der Waals surface area (Å²) in [6.07, 6.45) is 9.03. The lowest BCUT2D eigenvalue weighted by Gasteiger charge is -2.34. The van der Waals surface area contributed by atoms with Crippen LogP contribution in [0.2, 0.25) is 0 Å². The molecule has 6 heteroatoms. The maximum absolute atomic E-state index is 12.7. The highest BCUT2D eigenvalue weighted by Crippen LogP contribution is 2.30. The number of pyridine rings is 2. The summed E-state index contributed by atoms with van der Waals surface area (Å²) in [6, 6.07) is 8.05. The fourth-order valence-electron chi connectivity index (χ4n) is 3.72. The Balaban J connectivity index is 1.49. The van der Waals surface area contributed by atoms with Crippen molar-refractivity contribution in [3.8, 4) is 11.4 Å². The first-order chi connectivity index (χ1) is 13.1. The van der Waals surface area contributed by atoms with Gasteiger partial charge in [0.1, 0.15) is 5.82 Å². The Hall–Kier alpha value is -3.02. The highest BCUT2D eigenvalue weighted by Gasteiger charge is 2.27. The lowest BCUT2D eigenvalue weighted by atomic mass is 10.0. The molecule has 6 nitrogen and oxygen atoms in total. The molecule has 4 rings (SSSR count). The molecule has 1 fully saturated rings. The summed E-state index contributed by atoms with van der Waals surface area (Å²) < 4.78 is 2.30. The molecule has 1 aliphatic heterocycles. The van der Waals surface area contributed by atoms with Crippen LogP contribution in [0.3, 0.4) is 0 Å². The number of rotatable bonds is 3. The van der Waals surface area contributed by atoms with Crippen molar-refractivity contribution in [2.75, 3.05) is 13.1 Å². The first kappa shape index (κ1) is 17.4. The van der Waals surface area contributed by atoms with Gasteiger partial charge in [0, 0.05) is 60.9 Å². The van der Waals surface area contributed by atoms with E-state index >= 15 is 0 Å². The molecule has 138 valence electrons. The second-order valence-corrected chi connectivity index (χ2v) is 7.05. The molecule has 0 radical (unpaired) electrons. The summed E-state index contributed by atoms with van der Waals surface area (Å²) >= 11 is 0. The summed E-state index contributed by atoms with van der Waals surface area (Å²) in [5.41, 5.74) is 3.74. The highest BCUT2D eigenvalue weighted by atomic mass is 16.2. The Labute approximate surface area is 158 Å². The van der Waals surface area contributed by atoms with Gasteiger partial charge in [0.2, 0.25) is 0 Å². The average molecular weight is 361 g/mol. The number of piperidine rings is 1. The third-order valence-corrected chi connectivity index (χ3v) is 5.18. The van der Waals surface area contributed by atoms with E-state index in [1.165, 1.54) is 0 Å². The standard InChI is InChI=1S/C21H23N5O/c1-15-5-6-18(14-23-15)21(27)25-10-7-19(8-11-25)26-16(2)12-24-20(26)17-4-3-9-22-13-17/h3-6,9,12-14,19H,7-8,10-11H2,1-2H3. The molecule has 3 aromatic heterocycles. The van der Waals surface area contributed by atoms with E-state index in [2.05, 4.69) is 26.4 Å². The van der Waals surface area contributed by atoms with Gasteiger partial charge in [-0.05, 0) is 51.0 Å². The van der Waals surface area contributed by atoms with Crippen LogP contribution in [0, 0.1) is 13.8 Å². The quantitative estimate of drug-likeness (QED) is 0.717. The van der Waals surface area contributed by atoms with Gasteiger partial charge >= 0.3 is 0 Å². The van der Waals surface area contributed by atoms with Crippen molar-refractivity contribution < 1.29 is 4.79 Å². The first-order valence-corrected chi connectivity index (χ1v) is 9.29. The van der Waals surface area contributed by atoms with Gasteiger partial charge in [-0.25, -0.2) is 4.98 Å². The summed E-state index contributed by atoms with van der Waals surface area (Å²) in [5, 5.41) is 0. The lowest BCUT2D eigenvalue weighted by Crippen LogP contribution is -2.39. The monoisotopic (exact) mass is 361 g/mol. The summed E-state index contributed by atoms with van der Waals surface area (Å²) in [7, 11) is 0. The second kappa shape index (κ2) is 7.31. The lowest BCUT2D eigenvalue weighted by molar-refractivity contribution is 0.0694. The third kappa shape index (κ3) is 3.47. The molecule has 1 aliphatic rings. The van der Waals surface area contributed by atoms with Gasteiger partial charge in [-0.3, -0.25) is 14.8 Å². The molecule has 3 aromatic rings. The zero-order valence-corrected chi connectivity index (χ0v) is 15.7. The molecule has 0 aromatic carbocycles. The van der Waals surface area contributed by atoms with Crippen molar-refractivity contribution in [2.45, 2.75) is 32.7 Å². The number of carbonyl (C=O) groups excluding carboxylic acids is 1. The third-order valence-electron chi connectivity index (χ3n) is 5.18. The number of likely N-dealkylation sites (tertiary alicyclic amines) is 1. The molecule has 0 N–H and O–H groups in total. The molecule has 1 saturated heterocycles. The minimum atomic E-state index is 0.0655. The molecule has 0 aliphatic carbocycles. The van der Waals surface area contributed by atoms with Gasteiger partial charge < -0.3 is 9.47 Å². The summed E-state index contributed by atoms with van der Waals surface area (Å²) in [5.74, 6) is 1.02. The van der Waals surface area contributed by atoms with Gasteiger partial charge in [-0.1, -0.05) is 0 Å². The fraction of sp³-hybridized carbons (Fsp3) is 0.333. The maximum Gasteiger partial charge on any atom is 0.255 e. The molecule has 0 atom stereocenters. The Kier molecular flexibility index (Phi) is 4.71. The summed E-state index contributed by atoms with van der Waals surface area (Å²) in [6.45, 7) is 5.48. The number of aromatic nitrogens is 4. The maximum atomic E-state index is 12.7. The van der Waals surface area contributed by atoms with E-state index in [1.807, 2.05) is 48.5 Å². The number of imidazole rings is 1. The van der Waals surface area contributed by atoms with E-state index in [4.69, 9.17) is 0 Å². The van der Waals surface area contributed by atoms with Crippen LogP contribution in [-0.4, -0.2) is 43.4 Å². The largest absolute Gasteiger partial charge is 0.338 e. The average Bonchev–Trinajstić information content (AvgIpc) is 3.10. The first-order valence-electron chi connectivity index (χ1n) is 9.29. The van der Waals surface area contributed by atoms with Crippen molar-refractivity contribution in [1.82, 2.24) is 24.4 Å².